The summed E-state index contributed by atoms with van der Waals surface area (Å²) < 4.78 is 50.8. The van der Waals surface area contributed by atoms with Gasteiger partial charge >= 0.3 is 37.7 Å². The highest BCUT2D eigenvalue weighted by atomic mass is 31.2. The second-order valence-electron chi connectivity index (χ2n) is 9.88. The van der Waals surface area contributed by atoms with Crippen LogP contribution < -0.4 is 0 Å². The number of hydrogen-bond donors (Lipinski definition) is 2. The molecule has 1 fully saturated rings. The Bertz CT molecular complexity index is 1380. The summed E-state index contributed by atoms with van der Waals surface area (Å²) in [5, 5.41) is 0. The number of carbonyl (C=O) groups excluding carboxylic acids is 5. The minimum absolute atomic E-state index is 0.224. The molecule has 6 atom stereocenters. The van der Waals surface area contributed by atoms with Crippen molar-refractivity contribution in [3.8, 4) is 0 Å². The van der Waals surface area contributed by atoms with Crippen molar-refractivity contribution in [3.63, 3.8) is 0 Å². The fourth-order valence-corrected chi connectivity index (χ4v) is 5.54. The third-order valence-corrected chi connectivity index (χ3v) is 6.86. The first kappa shape index (κ1) is 35.3. The second kappa shape index (κ2) is 14.8. The summed E-state index contributed by atoms with van der Waals surface area (Å²) in [4.78, 5) is 81.9. The minimum atomic E-state index is -5.44. The van der Waals surface area contributed by atoms with Crippen molar-refractivity contribution in [3.05, 3.63) is 71.8 Å². The standard InChI is InChI=1S/C29H33O15P/c1-16(30)38-23-24(39-17(2)31)26(40-18(3)32)28(44-45(35,36)37)42-25(23)27(41-19(4)33)29(43-20(5)34,21-12-8-6-9-13-21)22-14-10-7-11-15-22/h6-15,23-28H,1-5H3,(H2,35,36,37)/t23-,24-,25-,26-,27-,28+/m0/s1. The maximum atomic E-state index is 12.8. The molecule has 1 aliphatic rings. The first-order valence-corrected chi connectivity index (χ1v) is 15.0. The third kappa shape index (κ3) is 8.96. The number of hydrogen-bond acceptors (Lipinski definition) is 13. The molecule has 0 bridgehead atoms. The Morgan fingerprint density at radius 2 is 1.13 bits per heavy atom. The van der Waals surface area contributed by atoms with E-state index in [1.807, 2.05) is 0 Å². The van der Waals surface area contributed by atoms with Crippen LogP contribution in [-0.2, 0) is 67.1 Å². The lowest BCUT2D eigenvalue weighted by Crippen LogP contribution is -2.67. The van der Waals surface area contributed by atoms with Gasteiger partial charge in [0.15, 0.2) is 24.4 Å². The highest BCUT2D eigenvalue weighted by Gasteiger charge is 2.62. The van der Waals surface area contributed by atoms with Crippen molar-refractivity contribution in [1.29, 1.82) is 0 Å². The first-order chi connectivity index (χ1) is 21.0. The maximum Gasteiger partial charge on any atom is 0.472 e. The van der Waals surface area contributed by atoms with E-state index < -0.39 is 80.1 Å². The molecule has 0 saturated carbocycles. The largest absolute Gasteiger partial charge is 0.472 e. The Morgan fingerprint density at radius 3 is 1.53 bits per heavy atom. The summed E-state index contributed by atoms with van der Waals surface area (Å²) in [5.74, 6) is -4.80. The van der Waals surface area contributed by atoms with Gasteiger partial charge in [-0.25, -0.2) is 4.57 Å². The summed E-state index contributed by atoms with van der Waals surface area (Å²) in [6.07, 6.45) is -11.5. The van der Waals surface area contributed by atoms with Gasteiger partial charge in [0.25, 0.3) is 0 Å². The van der Waals surface area contributed by atoms with Gasteiger partial charge < -0.3 is 38.2 Å². The average molecular weight is 653 g/mol. The lowest BCUT2D eigenvalue weighted by atomic mass is 9.76. The molecule has 1 saturated heterocycles. The van der Waals surface area contributed by atoms with Crippen LogP contribution in [0.3, 0.4) is 0 Å². The Hall–Kier alpha value is -4.14. The second-order valence-corrected chi connectivity index (χ2v) is 11.1. The van der Waals surface area contributed by atoms with E-state index in [0.29, 0.717) is 0 Å². The van der Waals surface area contributed by atoms with Crippen molar-refractivity contribution < 1.29 is 71.3 Å². The number of rotatable bonds is 11. The zero-order valence-corrected chi connectivity index (χ0v) is 25.8. The van der Waals surface area contributed by atoms with Crippen LogP contribution in [0.1, 0.15) is 45.7 Å². The van der Waals surface area contributed by atoms with Gasteiger partial charge in [0, 0.05) is 45.7 Å². The molecule has 1 heterocycles. The maximum absolute atomic E-state index is 12.8. The smallest absolute Gasteiger partial charge is 0.455 e. The van der Waals surface area contributed by atoms with Gasteiger partial charge in [-0.05, 0) is 0 Å². The van der Waals surface area contributed by atoms with Crippen molar-refractivity contribution in [2.75, 3.05) is 0 Å². The molecule has 0 amide bonds. The number of benzene rings is 2. The molecule has 244 valence electrons. The summed E-state index contributed by atoms with van der Waals surface area (Å²) in [7, 11) is -5.44. The number of phosphoric acid groups is 1. The van der Waals surface area contributed by atoms with Crippen molar-refractivity contribution in [1.82, 2.24) is 0 Å². The fraction of sp³-hybridized carbons (Fsp3) is 0.414. The Labute approximate surface area is 257 Å². The van der Waals surface area contributed by atoms with Crippen LogP contribution in [0.25, 0.3) is 0 Å². The summed E-state index contributed by atoms with van der Waals surface area (Å²) >= 11 is 0. The van der Waals surface area contributed by atoms with E-state index in [9.17, 15) is 38.3 Å². The van der Waals surface area contributed by atoms with Crippen LogP contribution in [0.4, 0.5) is 0 Å². The molecule has 2 aromatic rings. The molecule has 1 aliphatic heterocycles. The van der Waals surface area contributed by atoms with E-state index in [1.165, 1.54) is 0 Å². The van der Waals surface area contributed by atoms with Crippen molar-refractivity contribution >= 4 is 37.7 Å². The normalized spacial score (nSPS) is 22.3. The average Bonchev–Trinajstić information content (AvgIpc) is 2.93. The van der Waals surface area contributed by atoms with Crippen LogP contribution in [0.5, 0.6) is 0 Å². The summed E-state index contributed by atoms with van der Waals surface area (Å²) in [6.45, 7) is 5.04. The van der Waals surface area contributed by atoms with E-state index in [-0.39, 0.29) is 11.1 Å². The molecule has 0 unspecified atom stereocenters. The fourth-order valence-electron chi connectivity index (χ4n) is 5.10. The molecule has 2 aromatic carbocycles. The Balaban J connectivity index is 2.44. The highest BCUT2D eigenvalue weighted by Crippen LogP contribution is 2.47. The van der Waals surface area contributed by atoms with Crippen LogP contribution in [-0.4, -0.2) is 76.4 Å². The van der Waals surface area contributed by atoms with Gasteiger partial charge in [-0.1, -0.05) is 60.7 Å². The van der Waals surface area contributed by atoms with Crippen molar-refractivity contribution in [2.45, 2.75) is 77.0 Å². The zero-order chi connectivity index (χ0) is 33.5. The predicted molar refractivity (Wildman–Crippen MR) is 149 cm³/mol. The van der Waals surface area contributed by atoms with Gasteiger partial charge in [0.2, 0.25) is 11.9 Å². The summed E-state index contributed by atoms with van der Waals surface area (Å²) in [6, 6.07) is 15.9. The van der Waals surface area contributed by atoms with E-state index in [2.05, 4.69) is 0 Å². The predicted octanol–water partition coefficient (Wildman–Crippen LogP) is 2.05. The molecular formula is C29H33O15P. The van der Waals surface area contributed by atoms with Crippen LogP contribution >= 0.6 is 7.82 Å². The quantitative estimate of drug-likeness (QED) is 0.202. The van der Waals surface area contributed by atoms with Gasteiger partial charge in [0.1, 0.15) is 6.10 Å². The molecule has 0 spiro atoms. The first-order valence-electron chi connectivity index (χ1n) is 13.4. The number of esters is 5. The van der Waals surface area contributed by atoms with E-state index in [0.717, 1.165) is 34.6 Å². The van der Waals surface area contributed by atoms with Crippen LogP contribution in [0.2, 0.25) is 0 Å². The minimum Gasteiger partial charge on any atom is -0.455 e. The van der Waals surface area contributed by atoms with Crippen LogP contribution in [0, 0.1) is 0 Å². The van der Waals surface area contributed by atoms with E-state index >= 15 is 0 Å². The van der Waals surface area contributed by atoms with Gasteiger partial charge in [-0.3, -0.25) is 28.5 Å². The third-order valence-electron chi connectivity index (χ3n) is 6.38. The Kier molecular flexibility index (Phi) is 11.6. The SMILES string of the molecule is CC(=O)O[C@H]1[C@H](OC(C)=O)[C@@H]([C@H](OC(C)=O)C(OC(C)=O)(c2ccccc2)c2ccccc2)O[C@H](OP(=O)(O)O)[C@H]1OC(C)=O. The zero-order valence-electron chi connectivity index (χ0n) is 24.9. The lowest BCUT2D eigenvalue weighted by molar-refractivity contribution is -0.311. The Morgan fingerprint density at radius 1 is 0.689 bits per heavy atom. The topological polar surface area (TPSA) is 207 Å². The summed E-state index contributed by atoms with van der Waals surface area (Å²) in [5.41, 5.74) is -1.66. The number of carbonyl (C=O) groups is 5. The molecule has 2 N–H and O–H groups in total. The van der Waals surface area contributed by atoms with E-state index in [1.54, 1.807) is 60.7 Å². The van der Waals surface area contributed by atoms with Crippen LogP contribution in [0.15, 0.2) is 60.7 Å². The molecule has 0 aromatic heterocycles. The highest BCUT2D eigenvalue weighted by molar-refractivity contribution is 7.46. The lowest BCUT2D eigenvalue weighted by Gasteiger charge is -2.49. The van der Waals surface area contributed by atoms with Gasteiger partial charge in [-0.2, -0.15) is 0 Å². The number of phosphoric ester groups is 1. The monoisotopic (exact) mass is 652 g/mol. The van der Waals surface area contributed by atoms with E-state index in [4.69, 9.17) is 32.9 Å². The molecule has 0 radical (unpaired) electrons. The number of ether oxygens (including phenoxy) is 6. The van der Waals surface area contributed by atoms with Gasteiger partial charge in [0.05, 0.1) is 0 Å². The molecular weight excluding hydrogens is 619 g/mol. The molecule has 15 nitrogen and oxygen atoms in total. The molecule has 45 heavy (non-hydrogen) atoms. The molecule has 16 heteroatoms. The van der Waals surface area contributed by atoms with Crippen molar-refractivity contribution in [2.24, 2.45) is 0 Å². The van der Waals surface area contributed by atoms with Gasteiger partial charge in [-0.15, -0.1) is 0 Å². The molecule has 3 rings (SSSR count). The molecule has 0 aliphatic carbocycles.